The number of imidazole rings is 1. The van der Waals surface area contributed by atoms with Crippen molar-refractivity contribution in [2.24, 2.45) is 11.8 Å². The number of hydrogen-bond acceptors (Lipinski definition) is 6. The Balaban J connectivity index is 1.45. The van der Waals surface area contributed by atoms with E-state index in [2.05, 4.69) is 24.8 Å². The summed E-state index contributed by atoms with van der Waals surface area (Å²) in [4.78, 5) is 18.8. The fourth-order valence-corrected chi connectivity index (χ4v) is 4.38. The van der Waals surface area contributed by atoms with Crippen molar-refractivity contribution in [3.05, 3.63) is 36.5 Å². The number of aromatic nitrogens is 5. The van der Waals surface area contributed by atoms with Gasteiger partial charge in [0.1, 0.15) is 11.5 Å². The standard InChI is InChI=1S/C20H21F3N6O/c21-20(22,23)16-11-29-15(8-26-18(29)9-25-16)19-24-5-3-17(27-19)28-6-1-2-13(10-28)14-4-7-30-12-14/h3,5,8-9,11,13-14H,1-2,4,6-7,10,12H2. The Morgan fingerprint density at radius 2 is 1.97 bits per heavy atom. The van der Waals surface area contributed by atoms with Gasteiger partial charge in [-0.15, -0.1) is 0 Å². The molecule has 30 heavy (non-hydrogen) atoms. The second kappa shape index (κ2) is 7.50. The zero-order chi connectivity index (χ0) is 20.7. The van der Waals surface area contributed by atoms with Crippen LogP contribution in [0.1, 0.15) is 25.0 Å². The number of anilines is 1. The number of nitrogens with zero attached hydrogens (tertiary/aromatic N) is 6. The molecular weight excluding hydrogens is 397 g/mol. The Hall–Kier alpha value is -2.75. The lowest BCUT2D eigenvalue weighted by molar-refractivity contribution is -0.141. The number of piperidine rings is 1. The van der Waals surface area contributed by atoms with Crippen LogP contribution < -0.4 is 4.90 Å². The topological polar surface area (TPSA) is 68.4 Å². The maximum atomic E-state index is 13.1. The maximum absolute atomic E-state index is 13.1. The monoisotopic (exact) mass is 418 g/mol. The number of halogens is 3. The van der Waals surface area contributed by atoms with Crippen LogP contribution in [0.25, 0.3) is 17.2 Å². The van der Waals surface area contributed by atoms with E-state index in [0.717, 1.165) is 57.4 Å². The quantitative estimate of drug-likeness (QED) is 0.649. The minimum absolute atomic E-state index is 0.311. The zero-order valence-electron chi connectivity index (χ0n) is 16.2. The molecule has 0 bridgehead atoms. The number of rotatable bonds is 3. The highest BCUT2D eigenvalue weighted by atomic mass is 19.4. The molecule has 2 aliphatic rings. The fourth-order valence-electron chi connectivity index (χ4n) is 4.38. The van der Waals surface area contributed by atoms with Gasteiger partial charge in [0.2, 0.25) is 0 Å². The molecule has 2 unspecified atom stereocenters. The molecule has 2 aliphatic heterocycles. The Morgan fingerprint density at radius 3 is 2.77 bits per heavy atom. The van der Waals surface area contributed by atoms with Gasteiger partial charge in [-0.05, 0) is 37.2 Å². The molecule has 0 saturated carbocycles. The van der Waals surface area contributed by atoms with Crippen LogP contribution in [0.2, 0.25) is 0 Å². The van der Waals surface area contributed by atoms with E-state index >= 15 is 0 Å². The minimum atomic E-state index is -4.54. The second-order valence-electron chi connectivity index (χ2n) is 7.85. The molecule has 0 amide bonds. The molecule has 0 aromatic carbocycles. The zero-order valence-corrected chi connectivity index (χ0v) is 16.2. The van der Waals surface area contributed by atoms with Crippen LogP contribution >= 0.6 is 0 Å². The van der Waals surface area contributed by atoms with E-state index in [0.29, 0.717) is 29.0 Å². The number of fused-ring (bicyclic) bond motifs is 1. The third-order valence-electron chi connectivity index (χ3n) is 5.97. The van der Waals surface area contributed by atoms with Gasteiger partial charge < -0.3 is 9.64 Å². The van der Waals surface area contributed by atoms with Crippen LogP contribution in [-0.4, -0.2) is 50.6 Å². The number of ether oxygens (including phenoxy) is 1. The second-order valence-corrected chi connectivity index (χ2v) is 7.85. The molecule has 3 aromatic heterocycles. The number of hydrogen-bond donors (Lipinski definition) is 0. The molecule has 2 saturated heterocycles. The molecule has 158 valence electrons. The van der Waals surface area contributed by atoms with E-state index in [4.69, 9.17) is 4.74 Å². The lowest BCUT2D eigenvalue weighted by Gasteiger charge is -2.36. The molecule has 0 aliphatic carbocycles. The van der Waals surface area contributed by atoms with Crippen LogP contribution in [0.5, 0.6) is 0 Å². The normalized spacial score (nSPS) is 22.7. The Labute approximate surface area is 170 Å². The minimum Gasteiger partial charge on any atom is -0.381 e. The summed E-state index contributed by atoms with van der Waals surface area (Å²) in [5.74, 6) is 2.27. The smallest absolute Gasteiger partial charge is 0.381 e. The highest BCUT2D eigenvalue weighted by Crippen LogP contribution is 2.32. The third kappa shape index (κ3) is 3.60. The summed E-state index contributed by atoms with van der Waals surface area (Å²) in [5, 5.41) is 0. The van der Waals surface area contributed by atoms with Gasteiger partial charge in [-0.1, -0.05) is 0 Å². The van der Waals surface area contributed by atoms with Gasteiger partial charge in [0, 0.05) is 38.7 Å². The molecule has 0 radical (unpaired) electrons. The molecule has 5 rings (SSSR count). The first kappa shape index (κ1) is 19.2. The lowest BCUT2D eigenvalue weighted by atomic mass is 9.85. The average molecular weight is 418 g/mol. The summed E-state index contributed by atoms with van der Waals surface area (Å²) in [5.41, 5.74) is -0.271. The first-order valence-electron chi connectivity index (χ1n) is 10.1. The summed E-state index contributed by atoms with van der Waals surface area (Å²) in [6, 6.07) is 1.85. The van der Waals surface area contributed by atoms with E-state index in [1.165, 1.54) is 17.0 Å². The van der Waals surface area contributed by atoms with E-state index in [9.17, 15) is 13.2 Å². The first-order chi connectivity index (χ1) is 14.5. The molecular formula is C20H21F3N6O. The van der Waals surface area contributed by atoms with Crippen LogP contribution in [0.15, 0.2) is 30.9 Å². The van der Waals surface area contributed by atoms with Crippen LogP contribution in [0, 0.1) is 11.8 Å². The number of alkyl halides is 3. The third-order valence-corrected chi connectivity index (χ3v) is 5.97. The molecule has 2 fully saturated rings. The predicted octanol–water partition coefficient (Wildman–Crippen LogP) is 3.46. The fraction of sp³-hybridized carbons (Fsp3) is 0.500. The van der Waals surface area contributed by atoms with Crippen molar-refractivity contribution in [1.82, 2.24) is 24.3 Å². The molecule has 10 heteroatoms. The van der Waals surface area contributed by atoms with Crippen LogP contribution in [-0.2, 0) is 10.9 Å². The largest absolute Gasteiger partial charge is 0.434 e. The van der Waals surface area contributed by atoms with E-state index < -0.39 is 11.9 Å². The van der Waals surface area contributed by atoms with Crippen molar-refractivity contribution in [1.29, 1.82) is 0 Å². The van der Waals surface area contributed by atoms with Gasteiger partial charge in [0.05, 0.1) is 12.4 Å². The van der Waals surface area contributed by atoms with Crippen molar-refractivity contribution in [2.75, 3.05) is 31.2 Å². The summed E-state index contributed by atoms with van der Waals surface area (Å²) in [6.45, 7) is 3.46. The van der Waals surface area contributed by atoms with E-state index in [1.807, 2.05) is 6.07 Å². The van der Waals surface area contributed by atoms with Gasteiger partial charge in [-0.2, -0.15) is 13.2 Å². The Morgan fingerprint density at radius 1 is 1.07 bits per heavy atom. The Bertz CT molecular complexity index is 1050. The van der Waals surface area contributed by atoms with Gasteiger partial charge in [0.15, 0.2) is 17.2 Å². The van der Waals surface area contributed by atoms with Crippen molar-refractivity contribution >= 4 is 11.5 Å². The SMILES string of the molecule is FC(F)(F)c1cn2c(-c3nccc(N4CCCC(C5CCOC5)C4)n3)cnc2cn1. The van der Waals surface area contributed by atoms with Crippen molar-refractivity contribution in [3.63, 3.8) is 0 Å². The molecule has 0 N–H and O–H groups in total. The average Bonchev–Trinajstić information content (AvgIpc) is 3.43. The molecule has 2 atom stereocenters. The predicted molar refractivity (Wildman–Crippen MR) is 103 cm³/mol. The van der Waals surface area contributed by atoms with Crippen LogP contribution in [0.3, 0.4) is 0 Å². The van der Waals surface area contributed by atoms with Crippen LogP contribution in [0.4, 0.5) is 19.0 Å². The van der Waals surface area contributed by atoms with Crippen molar-refractivity contribution in [3.8, 4) is 11.5 Å². The Kier molecular flexibility index (Phi) is 4.80. The van der Waals surface area contributed by atoms with Crippen molar-refractivity contribution < 1.29 is 17.9 Å². The van der Waals surface area contributed by atoms with Gasteiger partial charge >= 0.3 is 6.18 Å². The highest BCUT2D eigenvalue weighted by molar-refractivity contribution is 5.58. The molecule has 3 aromatic rings. The molecule has 7 nitrogen and oxygen atoms in total. The summed E-state index contributed by atoms with van der Waals surface area (Å²) in [6.07, 6.45) is 3.99. The highest BCUT2D eigenvalue weighted by Gasteiger charge is 2.33. The molecule has 5 heterocycles. The summed E-state index contributed by atoms with van der Waals surface area (Å²) >= 11 is 0. The van der Waals surface area contributed by atoms with Gasteiger partial charge in [-0.25, -0.2) is 19.9 Å². The molecule has 0 spiro atoms. The van der Waals surface area contributed by atoms with Gasteiger partial charge in [-0.3, -0.25) is 4.40 Å². The van der Waals surface area contributed by atoms with Crippen molar-refractivity contribution in [2.45, 2.75) is 25.4 Å². The van der Waals surface area contributed by atoms with Gasteiger partial charge in [0.25, 0.3) is 0 Å². The van der Waals surface area contributed by atoms with E-state index in [-0.39, 0.29) is 0 Å². The summed E-state index contributed by atoms with van der Waals surface area (Å²) in [7, 11) is 0. The van der Waals surface area contributed by atoms with E-state index in [1.54, 1.807) is 6.20 Å². The lowest BCUT2D eigenvalue weighted by Crippen LogP contribution is -2.39. The first-order valence-corrected chi connectivity index (χ1v) is 10.1. The summed E-state index contributed by atoms with van der Waals surface area (Å²) < 4.78 is 46.1. The maximum Gasteiger partial charge on any atom is 0.434 e.